The Bertz CT molecular complexity index is 838. The maximum absolute atomic E-state index is 4.90. The lowest BCUT2D eigenvalue weighted by Crippen LogP contribution is -2.45. The molecule has 0 amide bonds. The molecule has 0 unspecified atom stereocenters. The maximum atomic E-state index is 4.90. The molecule has 2 heterocycles. The van der Waals surface area contributed by atoms with Crippen LogP contribution in [0.15, 0.2) is 66.9 Å². The fourth-order valence-electron chi connectivity index (χ4n) is 3.68. The number of benzene rings is 2. The lowest BCUT2D eigenvalue weighted by molar-refractivity contribution is 0.241. The predicted octanol–water partition coefficient (Wildman–Crippen LogP) is 2.59. The van der Waals surface area contributed by atoms with Crippen molar-refractivity contribution in [2.45, 2.75) is 13.1 Å². The van der Waals surface area contributed by atoms with Gasteiger partial charge in [0.1, 0.15) is 0 Å². The van der Waals surface area contributed by atoms with Crippen LogP contribution in [0.4, 0.5) is 0 Å². The molecule has 5 heteroatoms. The van der Waals surface area contributed by atoms with Crippen molar-refractivity contribution < 1.29 is 0 Å². The van der Waals surface area contributed by atoms with Crippen LogP contribution in [0.1, 0.15) is 11.1 Å². The Morgan fingerprint density at radius 3 is 2.39 bits per heavy atom. The number of rotatable bonds is 8. The fraction of sp³-hybridized carbons (Fsp3) is 0.348. The van der Waals surface area contributed by atoms with Crippen LogP contribution in [0.5, 0.6) is 0 Å². The topological polar surface area (TPSA) is 45.1 Å². The van der Waals surface area contributed by atoms with Crippen molar-refractivity contribution in [3.05, 3.63) is 78.0 Å². The highest BCUT2D eigenvalue weighted by Gasteiger charge is 2.12. The SMILES string of the molecule is c1ccc(Cn2cc(CNCCN3CCNCC3)c(-c3ccccc3)n2)cc1. The van der Waals surface area contributed by atoms with Gasteiger partial charge in [-0.3, -0.25) is 9.58 Å². The van der Waals surface area contributed by atoms with Crippen LogP contribution in [0.2, 0.25) is 0 Å². The molecule has 1 aliphatic heterocycles. The zero-order chi connectivity index (χ0) is 19.0. The number of piperazine rings is 1. The van der Waals surface area contributed by atoms with Gasteiger partial charge in [0, 0.05) is 63.1 Å². The molecule has 0 bridgehead atoms. The molecule has 0 atom stereocenters. The highest BCUT2D eigenvalue weighted by atomic mass is 15.3. The summed E-state index contributed by atoms with van der Waals surface area (Å²) in [5, 5.41) is 11.9. The van der Waals surface area contributed by atoms with E-state index < -0.39 is 0 Å². The van der Waals surface area contributed by atoms with Gasteiger partial charge in [0.05, 0.1) is 12.2 Å². The largest absolute Gasteiger partial charge is 0.314 e. The standard InChI is InChI=1S/C23H29N5/c1-3-7-20(8-4-1)18-28-19-22(23(26-28)21-9-5-2-6-10-21)17-25-13-16-27-14-11-24-12-15-27/h1-10,19,24-25H,11-18H2. The third-order valence-corrected chi connectivity index (χ3v) is 5.20. The highest BCUT2D eigenvalue weighted by molar-refractivity contribution is 5.62. The van der Waals surface area contributed by atoms with E-state index >= 15 is 0 Å². The summed E-state index contributed by atoms with van der Waals surface area (Å²) in [6.07, 6.45) is 2.19. The second-order valence-corrected chi connectivity index (χ2v) is 7.32. The van der Waals surface area contributed by atoms with E-state index in [4.69, 9.17) is 5.10 Å². The van der Waals surface area contributed by atoms with Gasteiger partial charge in [-0.1, -0.05) is 60.7 Å². The van der Waals surface area contributed by atoms with Gasteiger partial charge in [-0.2, -0.15) is 5.10 Å². The Labute approximate surface area is 167 Å². The molecule has 5 nitrogen and oxygen atoms in total. The molecule has 4 rings (SSSR count). The van der Waals surface area contributed by atoms with Crippen molar-refractivity contribution in [2.24, 2.45) is 0 Å². The van der Waals surface area contributed by atoms with Gasteiger partial charge in [-0.15, -0.1) is 0 Å². The molecule has 0 spiro atoms. The van der Waals surface area contributed by atoms with Gasteiger partial charge in [-0.25, -0.2) is 0 Å². The Balaban J connectivity index is 1.43. The average Bonchev–Trinajstić information content (AvgIpc) is 3.16. The minimum Gasteiger partial charge on any atom is -0.314 e. The van der Waals surface area contributed by atoms with Gasteiger partial charge < -0.3 is 10.6 Å². The first-order valence-electron chi connectivity index (χ1n) is 10.2. The molecular weight excluding hydrogens is 346 g/mol. The van der Waals surface area contributed by atoms with Crippen molar-refractivity contribution in [3.8, 4) is 11.3 Å². The summed E-state index contributed by atoms with van der Waals surface area (Å²) < 4.78 is 2.06. The van der Waals surface area contributed by atoms with Gasteiger partial charge >= 0.3 is 0 Å². The number of nitrogens with one attached hydrogen (secondary N) is 2. The van der Waals surface area contributed by atoms with Gasteiger partial charge in [0.25, 0.3) is 0 Å². The molecule has 1 fully saturated rings. The zero-order valence-corrected chi connectivity index (χ0v) is 16.3. The fourth-order valence-corrected chi connectivity index (χ4v) is 3.68. The monoisotopic (exact) mass is 375 g/mol. The van der Waals surface area contributed by atoms with Crippen LogP contribution in [-0.2, 0) is 13.1 Å². The molecule has 1 aromatic heterocycles. The number of aromatic nitrogens is 2. The number of nitrogens with zero attached hydrogens (tertiary/aromatic N) is 3. The Morgan fingerprint density at radius 2 is 1.64 bits per heavy atom. The zero-order valence-electron chi connectivity index (χ0n) is 16.3. The Hall–Kier alpha value is -2.47. The average molecular weight is 376 g/mol. The normalized spacial score (nSPS) is 15.0. The Morgan fingerprint density at radius 1 is 0.929 bits per heavy atom. The lowest BCUT2D eigenvalue weighted by Gasteiger charge is -2.27. The third-order valence-electron chi connectivity index (χ3n) is 5.20. The van der Waals surface area contributed by atoms with Gasteiger partial charge in [0.2, 0.25) is 0 Å². The molecule has 0 aliphatic carbocycles. The van der Waals surface area contributed by atoms with Crippen LogP contribution < -0.4 is 10.6 Å². The first kappa shape index (κ1) is 18.9. The van der Waals surface area contributed by atoms with Crippen molar-refractivity contribution in [1.29, 1.82) is 0 Å². The van der Waals surface area contributed by atoms with E-state index in [9.17, 15) is 0 Å². The molecule has 2 aromatic carbocycles. The minimum absolute atomic E-state index is 0.793. The van der Waals surface area contributed by atoms with E-state index in [0.29, 0.717) is 0 Å². The first-order valence-corrected chi connectivity index (χ1v) is 10.2. The van der Waals surface area contributed by atoms with E-state index in [2.05, 4.69) is 87.1 Å². The van der Waals surface area contributed by atoms with E-state index in [1.165, 1.54) is 16.7 Å². The van der Waals surface area contributed by atoms with Crippen LogP contribution in [0.25, 0.3) is 11.3 Å². The molecule has 28 heavy (non-hydrogen) atoms. The maximum Gasteiger partial charge on any atom is 0.0968 e. The molecule has 146 valence electrons. The summed E-state index contributed by atoms with van der Waals surface area (Å²) in [6.45, 7) is 8.22. The van der Waals surface area contributed by atoms with Crippen molar-refractivity contribution in [2.75, 3.05) is 39.3 Å². The molecule has 0 saturated carbocycles. The second-order valence-electron chi connectivity index (χ2n) is 7.32. The summed E-state index contributed by atoms with van der Waals surface area (Å²) in [7, 11) is 0. The van der Waals surface area contributed by atoms with Crippen molar-refractivity contribution in [1.82, 2.24) is 25.3 Å². The second kappa shape index (κ2) is 9.64. The van der Waals surface area contributed by atoms with E-state index in [1.807, 2.05) is 0 Å². The predicted molar refractivity (Wildman–Crippen MR) is 114 cm³/mol. The van der Waals surface area contributed by atoms with Gasteiger partial charge in [-0.05, 0) is 5.56 Å². The van der Waals surface area contributed by atoms with Crippen LogP contribution in [-0.4, -0.2) is 53.9 Å². The van der Waals surface area contributed by atoms with Crippen LogP contribution in [0.3, 0.4) is 0 Å². The first-order chi connectivity index (χ1) is 13.9. The van der Waals surface area contributed by atoms with Gasteiger partial charge in [0.15, 0.2) is 0 Å². The molecule has 1 saturated heterocycles. The lowest BCUT2D eigenvalue weighted by atomic mass is 10.1. The minimum atomic E-state index is 0.793. The number of hydrogen-bond donors (Lipinski definition) is 2. The molecule has 0 radical (unpaired) electrons. The van der Waals surface area contributed by atoms with Crippen molar-refractivity contribution >= 4 is 0 Å². The molecule has 2 N–H and O–H groups in total. The smallest absolute Gasteiger partial charge is 0.0968 e. The molecular formula is C23H29N5. The van der Waals surface area contributed by atoms with E-state index in [1.54, 1.807) is 0 Å². The number of hydrogen-bond acceptors (Lipinski definition) is 4. The Kier molecular flexibility index (Phi) is 6.50. The third kappa shape index (κ3) is 5.07. The molecule has 1 aliphatic rings. The van der Waals surface area contributed by atoms with Crippen molar-refractivity contribution in [3.63, 3.8) is 0 Å². The summed E-state index contributed by atoms with van der Waals surface area (Å²) in [5.74, 6) is 0. The highest BCUT2D eigenvalue weighted by Crippen LogP contribution is 2.22. The summed E-state index contributed by atoms with van der Waals surface area (Å²) >= 11 is 0. The quantitative estimate of drug-likeness (QED) is 0.594. The van der Waals surface area contributed by atoms with Crippen LogP contribution >= 0.6 is 0 Å². The van der Waals surface area contributed by atoms with Crippen LogP contribution in [0, 0.1) is 0 Å². The summed E-state index contributed by atoms with van der Waals surface area (Å²) in [5.41, 5.74) is 4.77. The van der Waals surface area contributed by atoms with E-state index in [-0.39, 0.29) is 0 Å². The molecule has 3 aromatic rings. The summed E-state index contributed by atoms with van der Waals surface area (Å²) in [4.78, 5) is 2.51. The summed E-state index contributed by atoms with van der Waals surface area (Å²) in [6, 6.07) is 21.0. The van der Waals surface area contributed by atoms with E-state index in [0.717, 1.165) is 58.1 Å².